The fourth-order valence-corrected chi connectivity index (χ4v) is 6.06. The normalized spacial score (nSPS) is 12.3. The minimum absolute atomic E-state index is 0.0671. The third-order valence-corrected chi connectivity index (χ3v) is 8.59. The average Bonchev–Trinajstić information content (AvgIpc) is 3.61. The van der Waals surface area contributed by atoms with Crippen molar-refractivity contribution in [2.24, 2.45) is 0 Å². The Morgan fingerprint density at radius 2 is 0.818 bits per heavy atom. The van der Waals surface area contributed by atoms with Crippen molar-refractivity contribution in [2.75, 3.05) is 0 Å². The van der Waals surface area contributed by atoms with Crippen molar-refractivity contribution in [3.05, 3.63) is 132 Å². The smallest absolute Gasteiger partial charge is 0.168 e. The second kappa shape index (κ2) is 10.3. The highest BCUT2D eigenvalue weighted by molar-refractivity contribution is 6.09. The zero-order chi connectivity index (χ0) is 30.6. The van der Waals surface area contributed by atoms with Crippen LogP contribution in [0, 0.1) is 0 Å². The minimum atomic E-state index is 0.0671. The Morgan fingerprint density at radius 1 is 0.432 bits per heavy atom. The summed E-state index contributed by atoms with van der Waals surface area (Å²) in [5, 5.41) is 11.9. The molecule has 0 saturated heterocycles. The number of nitrogens with zero attached hydrogens (tertiary/aromatic N) is 4. The molecule has 7 rings (SSSR count). The molecule has 0 atom stereocenters. The van der Waals surface area contributed by atoms with Gasteiger partial charge < -0.3 is 4.57 Å². The van der Waals surface area contributed by atoms with Crippen LogP contribution in [0.4, 0.5) is 0 Å². The lowest BCUT2D eigenvalue weighted by Gasteiger charge is -2.19. The fourth-order valence-electron chi connectivity index (χ4n) is 6.06. The van der Waals surface area contributed by atoms with Gasteiger partial charge in [-0.25, -0.2) is 0 Å². The second-order valence-corrected chi connectivity index (χ2v) is 13.7. The molecule has 0 saturated carbocycles. The van der Waals surface area contributed by atoms with E-state index in [4.69, 9.17) is 0 Å². The van der Waals surface area contributed by atoms with Gasteiger partial charge in [-0.05, 0) is 70.5 Å². The molecule has 0 aliphatic carbocycles. The lowest BCUT2D eigenvalue weighted by Crippen LogP contribution is -2.10. The molecular formula is C40H38N4. The molecule has 218 valence electrons. The van der Waals surface area contributed by atoms with Crippen LogP contribution in [-0.2, 0) is 10.8 Å². The summed E-state index contributed by atoms with van der Waals surface area (Å²) in [6.45, 7) is 13.7. The van der Waals surface area contributed by atoms with Gasteiger partial charge in [0.1, 0.15) is 0 Å². The molecule has 0 radical (unpaired) electrons. The molecule has 0 aliphatic rings. The Kier molecular flexibility index (Phi) is 6.55. The molecule has 4 heteroatoms. The van der Waals surface area contributed by atoms with Gasteiger partial charge in [0, 0.05) is 33.3 Å². The molecule has 0 aliphatic heterocycles. The molecule has 5 aromatic carbocycles. The largest absolute Gasteiger partial charge is 0.309 e. The first kappa shape index (κ1) is 27.8. The molecule has 0 bridgehead atoms. The quantitative estimate of drug-likeness (QED) is 0.210. The standard InChI is InChI=1S/C40H38N4/c1-39(2,3)29-17-23-35-33(25-29)34-26-30(40(4,5)6)18-24-36(34)43(35)31-19-21-32(22-20-31)44-37(27-13-9-7-10-14-27)41-42-38(44)28-15-11-8-12-16-28/h7-26H,1-6H3. The molecule has 2 heterocycles. The lowest BCUT2D eigenvalue weighted by atomic mass is 9.85. The van der Waals surface area contributed by atoms with E-state index >= 15 is 0 Å². The number of hydrogen-bond donors (Lipinski definition) is 0. The van der Waals surface area contributed by atoms with E-state index in [0.717, 1.165) is 34.2 Å². The molecule has 2 aromatic heterocycles. The minimum Gasteiger partial charge on any atom is -0.309 e. The maximum absolute atomic E-state index is 4.66. The number of benzene rings is 5. The first-order valence-electron chi connectivity index (χ1n) is 15.4. The zero-order valence-corrected chi connectivity index (χ0v) is 26.3. The monoisotopic (exact) mass is 574 g/mol. The summed E-state index contributed by atoms with van der Waals surface area (Å²) in [7, 11) is 0. The van der Waals surface area contributed by atoms with E-state index in [1.165, 1.54) is 32.9 Å². The van der Waals surface area contributed by atoms with Crippen molar-refractivity contribution < 1.29 is 0 Å². The van der Waals surface area contributed by atoms with Crippen molar-refractivity contribution in [1.29, 1.82) is 0 Å². The van der Waals surface area contributed by atoms with Crippen molar-refractivity contribution in [1.82, 2.24) is 19.3 Å². The average molecular weight is 575 g/mol. The summed E-state index contributed by atoms with van der Waals surface area (Å²) in [6.07, 6.45) is 0. The molecule has 0 spiro atoms. The first-order chi connectivity index (χ1) is 21.1. The van der Waals surface area contributed by atoms with E-state index in [9.17, 15) is 0 Å². The highest BCUT2D eigenvalue weighted by atomic mass is 15.3. The molecule has 0 N–H and O–H groups in total. The van der Waals surface area contributed by atoms with E-state index in [1.54, 1.807) is 0 Å². The SMILES string of the molecule is CC(C)(C)c1ccc2c(c1)c1cc(C(C)(C)C)ccc1n2-c1ccc(-n2c(-c3ccccc3)nnc2-c2ccccc2)cc1. The maximum Gasteiger partial charge on any atom is 0.168 e. The van der Waals surface area contributed by atoms with Crippen LogP contribution in [0.1, 0.15) is 52.7 Å². The van der Waals surface area contributed by atoms with Crippen LogP contribution in [0.3, 0.4) is 0 Å². The predicted octanol–water partition coefficient (Wildman–Crippen LogP) is 10.3. The van der Waals surface area contributed by atoms with E-state index in [0.29, 0.717) is 0 Å². The number of fused-ring (bicyclic) bond motifs is 3. The van der Waals surface area contributed by atoms with Gasteiger partial charge in [0.2, 0.25) is 0 Å². The van der Waals surface area contributed by atoms with Crippen LogP contribution in [0.25, 0.3) is 56.0 Å². The van der Waals surface area contributed by atoms with Crippen LogP contribution in [-0.4, -0.2) is 19.3 Å². The summed E-state index contributed by atoms with van der Waals surface area (Å²) in [5.74, 6) is 1.64. The van der Waals surface area contributed by atoms with Gasteiger partial charge in [0.15, 0.2) is 11.6 Å². The van der Waals surface area contributed by atoms with Gasteiger partial charge in [-0.15, -0.1) is 10.2 Å². The first-order valence-corrected chi connectivity index (χ1v) is 15.4. The number of hydrogen-bond acceptors (Lipinski definition) is 2. The van der Waals surface area contributed by atoms with Crippen molar-refractivity contribution >= 4 is 21.8 Å². The van der Waals surface area contributed by atoms with Crippen LogP contribution in [0.5, 0.6) is 0 Å². The summed E-state index contributed by atoms with van der Waals surface area (Å²) in [6, 6.07) is 43.3. The second-order valence-electron chi connectivity index (χ2n) is 13.7. The Bertz CT molecular complexity index is 1970. The van der Waals surface area contributed by atoms with Gasteiger partial charge in [0.05, 0.1) is 11.0 Å². The Balaban J connectivity index is 1.42. The molecule has 7 aromatic rings. The van der Waals surface area contributed by atoms with Crippen LogP contribution >= 0.6 is 0 Å². The van der Waals surface area contributed by atoms with Gasteiger partial charge in [0.25, 0.3) is 0 Å². The molecule has 44 heavy (non-hydrogen) atoms. The van der Waals surface area contributed by atoms with E-state index < -0.39 is 0 Å². The fraction of sp³-hybridized carbons (Fsp3) is 0.200. The van der Waals surface area contributed by atoms with Gasteiger partial charge >= 0.3 is 0 Å². The van der Waals surface area contributed by atoms with Gasteiger partial charge in [-0.1, -0.05) is 114 Å². The Morgan fingerprint density at radius 3 is 1.20 bits per heavy atom. The Labute approximate surface area is 259 Å². The van der Waals surface area contributed by atoms with Crippen molar-refractivity contribution in [3.8, 4) is 34.2 Å². The maximum atomic E-state index is 4.66. The van der Waals surface area contributed by atoms with Crippen molar-refractivity contribution in [2.45, 2.75) is 52.4 Å². The van der Waals surface area contributed by atoms with Gasteiger partial charge in [-0.3, -0.25) is 4.57 Å². The zero-order valence-electron chi connectivity index (χ0n) is 26.3. The summed E-state index contributed by atoms with van der Waals surface area (Å²) in [5.41, 5.74) is 9.44. The van der Waals surface area contributed by atoms with Crippen LogP contribution < -0.4 is 0 Å². The molecule has 4 nitrogen and oxygen atoms in total. The number of aromatic nitrogens is 4. The molecule has 0 amide bonds. The van der Waals surface area contributed by atoms with E-state index in [1.807, 2.05) is 36.4 Å². The molecular weight excluding hydrogens is 536 g/mol. The highest BCUT2D eigenvalue weighted by Gasteiger charge is 2.22. The van der Waals surface area contributed by atoms with E-state index in [2.05, 4.69) is 146 Å². The Hall–Kier alpha value is -4.96. The van der Waals surface area contributed by atoms with Gasteiger partial charge in [-0.2, -0.15) is 0 Å². The van der Waals surface area contributed by atoms with Crippen LogP contribution in [0.2, 0.25) is 0 Å². The van der Waals surface area contributed by atoms with Crippen LogP contribution in [0.15, 0.2) is 121 Å². The van der Waals surface area contributed by atoms with Crippen molar-refractivity contribution in [3.63, 3.8) is 0 Å². The van der Waals surface area contributed by atoms with E-state index in [-0.39, 0.29) is 10.8 Å². The lowest BCUT2D eigenvalue weighted by molar-refractivity contribution is 0.590. The predicted molar refractivity (Wildman–Crippen MR) is 184 cm³/mol. The highest BCUT2D eigenvalue weighted by Crippen LogP contribution is 2.38. The third-order valence-electron chi connectivity index (χ3n) is 8.59. The summed E-state index contributed by atoms with van der Waals surface area (Å²) in [4.78, 5) is 0. The molecule has 0 fully saturated rings. The topological polar surface area (TPSA) is 35.6 Å². The third kappa shape index (κ3) is 4.81. The number of rotatable bonds is 4. The summed E-state index contributed by atoms with van der Waals surface area (Å²) < 4.78 is 4.56. The molecule has 0 unspecified atom stereocenters. The summed E-state index contributed by atoms with van der Waals surface area (Å²) >= 11 is 0.